The van der Waals surface area contributed by atoms with Crippen LogP contribution in [0.15, 0.2) is 46.5 Å². The molecule has 1 aliphatic rings. The number of hydrogen-bond donors (Lipinski definition) is 2. The summed E-state index contributed by atoms with van der Waals surface area (Å²) < 4.78 is 67.9. The fourth-order valence-corrected chi connectivity index (χ4v) is 5.51. The predicted octanol–water partition coefficient (Wildman–Crippen LogP) is 6.90. The molecule has 2 unspecified atom stereocenters. The summed E-state index contributed by atoms with van der Waals surface area (Å²) in [6.45, 7) is 5.42. The van der Waals surface area contributed by atoms with E-state index in [1.54, 1.807) is 51.8 Å². The molecule has 1 fully saturated rings. The molecule has 3 aromatic rings. The molecule has 232 valence electrons. The van der Waals surface area contributed by atoms with E-state index in [-0.39, 0.29) is 54.2 Å². The maximum Gasteiger partial charge on any atom is 0.447 e. The number of imidazole rings is 1. The van der Waals surface area contributed by atoms with E-state index in [1.165, 1.54) is 15.5 Å². The Morgan fingerprint density at radius 3 is 2.63 bits per heavy atom. The minimum Gasteiger partial charge on any atom is -0.495 e. The number of likely N-dealkylation sites (tertiary alicyclic amines) is 1. The Morgan fingerprint density at radius 1 is 1.21 bits per heavy atom. The third kappa shape index (κ3) is 8.57. The van der Waals surface area contributed by atoms with Crippen molar-refractivity contribution in [2.24, 2.45) is 0 Å². The van der Waals surface area contributed by atoms with Gasteiger partial charge in [-0.2, -0.15) is 13.2 Å². The first-order valence-corrected chi connectivity index (χ1v) is 15.4. The van der Waals surface area contributed by atoms with Crippen LogP contribution in [0.25, 0.3) is 5.65 Å². The molecule has 2 N–H and O–H groups in total. The predicted molar refractivity (Wildman–Crippen MR) is 162 cm³/mol. The number of halogens is 4. The number of methoxy groups -OCH3 is 1. The molecule has 14 heteroatoms. The van der Waals surface area contributed by atoms with Gasteiger partial charge < -0.3 is 25.0 Å². The monoisotopic (exact) mass is 639 g/mol. The van der Waals surface area contributed by atoms with Crippen molar-refractivity contribution >= 4 is 46.6 Å². The van der Waals surface area contributed by atoms with E-state index in [4.69, 9.17) is 9.47 Å². The Bertz CT molecular complexity index is 1510. The average molecular weight is 640 g/mol. The van der Waals surface area contributed by atoms with Gasteiger partial charge in [0.05, 0.1) is 37.6 Å². The number of aromatic nitrogens is 2. The van der Waals surface area contributed by atoms with Gasteiger partial charge in [0.25, 0.3) is 0 Å². The van der Waals surface area contributed by atoms with Crippen molar-refractivity contribution < 1.29 is 31.8 Å². The van der Waals surface area contributed by atoms with Crippen molar-refractivity contribution in [1.82, 2.24) is 14.3 Å². The number of benzene rings is 1. The molecule has 0 saturated carbocycles. The molecule has 3 heterocycles. The van der Waals surface area contributed by atoms with E-state index in [9.17, 15) is 18.0 Å². The van der Waals surface area contributed by atoms with Crippen molar-refractivity contribution in [2.45, 2.75) is 60.4 Å². The number of nitrogens with one attached hydrogen (secondary N) is 2. The number of alkyl halides is 4. The highest BCUT2D eigenvalue weighted by molar-refractivity contribution is 8.00. The summed E-state index contributed by atoms with van der Waals surface area (Å²) in [5, 5.41) is 6.01. The number of carbonyl (C=O) groups excluding carboxylic acids is 1. The van der Waals surface area contributed by atoms with Gasteiger partial charge in [0.2, 0.25) is 0 Å². The number of fused-ring (bicyclic) bond motifs is 1. The first kappa shape index (κ1) is 32.5. The second-order valence-corrected chi connectivity index (χ2v) is 12.6. The number of ether oxygens (including phenoxy) is 2. The number of pyridine rings is 1. The first-order chi connectivity index (χ1) is 20.3. The number of nitrogens with zero attached hydrogens (tertiary/aromatic N) is 3. The normalized spacial score (nSPS) is 17.3. The van der Waals surface area contributed by atoms with Gasteiger partial charge in [-0.3, -0.25) is 4.40 Å². The molecular weight excluding hydrogens is 606 g/mol. The van der Waals surface area contributed by atoms with Crippen molar-refractivity contribution in [1.29, 1.82) is 0 Å². The highest BCUT2D eigenvalue weighted by Crippen LogP contribution is 2.40. The summed E-state index contributed by atoms with van der Waals surface area (Å²) in [6, 6.07) is 8.13. The van der Waals surface area contributed by atoms with Crippen LogP contribution in [-0.4, -0.2) is 76.7 Å². The molecule has 0 spiro atoms. The Morgan fingerprint density at radius 2 is 1.98 bits per heavy atom. The van der Waals surface area contributed by atoms with Gasteiger partial charge in [0.1, 0.15) is 28.2 Å². The van der Waals surface area contributed by atoms with Gasteiger partial charge in [-0.15, -0.1) is 11.8 Å². The number of rotatable bonds is 7. The van der Waals surface area contributed by atoms with Crippen molar-refractivity contribution in [3.8, 4) is 17.6 Å². The van der Waals surface area contributed by atoms with Crippen LogP contribution in [0.5, 0.6) is 5.75 Å². The van der Waals surface area contributed by atoms with Gasteiger partial charge in [0.15, 0.2) is 5.65 Å². The van der Waals surface area contributed by atoms with Crippen LogP contribution in [0, 0.1) is 11.8 Å². The molecule has 2 atom stereocenters. The smallest absolute Gasteiger partial charge is 0.447 e. The van der Waals surface area contributed by atoms with Crippen molar-refractivity contribution in [2.75, 3.05) is 43.6 Å². The molecule has 4 rings (SSSR count). The number of carbonyl (C=O) groups is 1. The van der Waals surface area contributed by atoms with Gasteiger partial charge in [0, 0.05) is 29.4 Å². The van der Waals surface area contributed by atoms with E-state index in [2.05, 4.69) is 27.5 Å². The summed E-state index contributed by atoms with van der Waals surface area (Å²) in [5.74, 6) is 6.23. The second kappa shape index (κ2) is 13.5. The van der Waals surface area contributed by atoms with Crippen LogP contribution in [0.4, 0.5) is 33.7 Å². The number of hydrogen-bond acceptors (Lipinski definition) is 8. The van der Waals surface area contributed by atoms with Gasteiger partial charge in [-0.05, 0) is 69.7 Å². The van der Waals surface area contributed by atoms with Crippen LogP contribution in [-0.2, 0) is 4.74 Å². The SMILES string of the molecule is COc1cc(SC)ccc1NCC#Cc1nc2c(NC3CCN(C(=O)OC(C)(C)C)CC3F)cccn2c1SC(F)(F)F. The van der Waals surface area contributed by atoms with Crippen LogP contribution >= 0.6 is 23.5 Å². The maximum atomic E-state index is 15.2. The molecule has 2 aromatic heterocycles. The molecule has 0 bridgehead atoms. The maximum absolute atomic E-state index is 15.2. The number of anilines is 2. The standard InChI is InChI=1S/C29H33F4N5O3S2/c1-28(2,3)41-27(39)37-15-12-20(19(30)17-37)35-22-9-7-14-38-25(22)36-23(26(38)43-29(31,32)33)8-6-13-34-21-11-10-18(42-5)16-24(21)40-4/h7,9-11,14,16,19-20,34-35H,12-13,15,17H2,1-5H3. The van der Waals surface area contributed by atoms with Crippen molar-refractivity contribution in [3.05, 3.63) is 42.2 Å². The fraction of sp³-hybridized carbons (Fsp3) is 0.448. The second-order valence-electron chi connectivity index (χ2n) is 10.6. The van der Waals surface area contributed by atoms with E-state index < -0.39 is 29.4 Å². The van der Waals surface area contributed by atoms with E-state index in [1.807, 2.05) is 24.5 Å². The average Bonchev–Trinajstić information content (AvgIpc) is 3.27. The highest BCUT2D eigenvalue weighted by Gasteiger charge is 2.35. The van der Waals surface area contributed by atoms with Crippen LogP contribution in [0.1, 0.15) is 32.9 Å². The molecule has 1 aliphatic heterocycles. The van der Waals surface area contributed by atoms with E-state index in [0.717, 1.165) is 4.90 Å². The Labute approximate surface area is 256 Å². The lowest BCUT2D eigenvalue weighted by Crippen LogP contribution is -2.51. The van der Waals surface area contributed by atoms with Gasteiger partial charge in [-0.1, -0.05) is 5.92 Å². The zero-order chi connectivity index (χ0) is 31.4. The Balaban J connectivity index is 1.54. The topological polar surface area (TPSA) is 80.1 Å². The Hall–Kier alpha value is -3.44. The van der Waals surface area contributed by atoms with Gasteiger partial charge in [-0.25, -0.2) is 14.2 Å². The van der Waals surface area contributed by atoms with Crippen molar-refractivity contribution in [3.63, 3.8) is 0 Å². The molecule has 0 radical (unpaired) electrons. The lowest BCUT2D eigenvalue weighted by Gasteiger charge is -2.36. The van der Waals surface area contributed by atoms with E-state index in [0.29, 0.717) is 17.1 Å². The number of piperidine rings is 1. The zero-order valence-corrected chi connectivity index (χ0v) is 26.0. The molecular formula is C29H33F4N5O3S2. The minimum absolute atomic E-state index is 0.0559. The number of thioether (sulfide) groups is 2. The molecule has 8 nitrogen and oxygen atoms in total. The molecule has 1 saturated heterocycles. The summed E-state index contributed by atoms with van der Waals surface area (Å²) in [5.41, 5.74) is -4.11. The third-order valence-electron chi connectivity index (χ3n) is 6.34. The molecule has 43 heavy (non-hydrogen) atoms. The zero-order valence-electron chi connectivity index (χ0n) is 24.3. The lowest BCUT2D eigenvalue weighted by molar-refractivity contribution is -0.0330. The lowest BCUT2D eigenvalue weighted by atomic mass is 10.0. The fourth-order valence-electron chi connectivity index (χ4n) is 4.42. The first-order valence-electron chi connectivity index (χ1n) is 13.4. The van der Waals surface area contributed by atoms with Crippen LogP contribution in [0.3, 0.4) is 0 Å². The van der Waals surface area contributed by atoms with E-state index >= 15 is 4.39 Å². The molecule has 1 amide bonds. The molecule has 1 aromatic carbocycles. The minimum atomic E-state index is -4.58. The summed E-state index contributed by atoms with van der Waals surface area (Å²) in [4.78, 5) is 19.1. The van der Waals surface area contributed by atoms with Gasteiger partial charge >= 0.3 is 11.6 Å². The summed E-state index contributed by atoms with van der Waals surface area (Å²) in [6.07, 6.45) is 1.65. The Kier molecular flexibility index (Phi) is 10.2. The third-order valence-corrected chi connectivity index (χ3v) is 7.88. The highest BCUT2D eigenvalue weighted by atomic mass is 32.2. The summed E-state index contributed by atoms with van der Waals surface area (Å²) >= 11 is 1.25. The van der Waals surface area contributed by atoms with Crippen LogP contribution < -0.4 is 15.4 Å². The largest absolute Gasteiger partial charge is 0.495 e. The molecule has 0 aliphatic carbocycles. The number of amides is 1. The summed E-state index contributed by atoms with van der Waals surface area (Å²) in [7, 11) is 1.55. The quantitative estimate of drug-likeness (QED) is 0.164. The van der Waals surface area contributed by atoms with Crippen LogP contribution in [0.2, 0.25) is 0 Å².